The molecule has 154 valence electrons. The molecule has 0 aliphatic heterocycles. The smallest absolute Gasteiger partial charge is 0.236 e. The van der Waals surface area contributed by atoms with E-state index >= 15 is 0 Å². The number of imidazole rings is 1. The molecule has 5 aromatic rings. The van der Waals surface area contributed by atoms with Crippen LogP contribution < -0.4 is 5.32 Å². The number of benzene rings is 2. The van der Waals surface area contributed by atoms with E-state index in [9.17, 15) is 4.79 Å². The van der Waals surface area contributed by atoms with Crippen molar-refractivity contribution in [1.29, 1.82) is 0 Å². The summed E-state index contributed by atoms with van der Waals surface area (Å²) in [7, 11) is 0. The zero-order chi connectivity index (χ0) is 20.8. The van der Waals surface area contributed by atoms with Gasteiger partial charge in [0.05, 0.1) is 28.2 Å². The number of nitrogens with one attached hydrogen (secondary N) is 2. The van der Waals surface area contributed by atoms with Crippen molar-refractivity contribution in [1.82, 2.24) is 29.4 Å². The Morgan fingerprint density at radius 3 is 2.77 bits per heavy atom. The lowest BCUT2D eigenvalue weighted by atomic mass is 10.3. The number of carbonyl (C=O) groups is 1. The molecule has 2 aromatic carbocycles. The predicted octanol–water partition coefficient (Wildman–Crippen LogP) is 4.00. The number of aromatic amines is 1. The third-order valence-electron chi connectivity index (χ3n) is 5.33. The minimum absolute atomic E-state index is 0.106. The van der Waals surface area contributed by atoms with Gasteiger partial charge in [0.15, 0.2) is 5.16 Å². The number of nitrogens with zero attached hydrogens (tertiary/aromatic N) is 5. The van der Waals surface area contributed by atoms with E-state index in [1.807, 2.05) is 69.7 Å². The first-order valence-electron chi connectivity index (χ1n) is 10.2. The van der Waals surface area contributed by atoms with Crippen LogP contribution in [0.15, 0.2) is 65.8 Å². The quantitative estimate of drug-likeness (QED) is 0.398. The van der Waals surface area contributed by atoms with Gasteiger partial charge in [-0.15, -0.1) is 5.10 Å². The van der Waals surface area contributed by atoms with Crippen molar-refractivity contribution < 1.29 is 4.79 Å². The monoisotopic (exact) mass is 429 g/mol. The Hall–Kier alpha value is -3.59. The minimum atomic E-state index is -0.106. The fourth-order valence-electron chi connectivity index (χ4n) is 3.68. The molecule has 0 saturated heterocycles. The number of fused-ring (bicyclic) bond motifs is 3. The van der Waals surface area contributed by atoms with E-state index in [-0.39, 0.29) is 11.7 Å². The maximum Gasteiger partial charge on any atom is 0.236 e. The summed E-state index contributed by atoms with van der Waals surface area (Å²) >= 11 is 1.37. The van der Waals surface area contributed by atoms with Gasteiger partial charge in [-0.25, -0.2) is 14.8 Å². The average molecular weight is 430 g/mol. The van der Waals surface area contributed by atoms with Crippen molar-refractivity contribution in [3.8, 4) is 5.69 Å². The lowest BCUT2D eigenvalue weighted by Crippen LogP contribution is -2.17. The van der Waals surface area contributed by atoms with Crippen molar-refractivity contribution >= 4 is 40.3 Å². The molecule has 0 spiro atoms. The summed E-state index contributed by atoms with van der Waals surface area (Å²) < 4.78 is 3.75. The molecule has 1 fully saturated rings. The van der Waals surface area contributed by atoms with Gasteiger partial charge in [-0.1, -0.05) is 42.1 Å². The molecule has 2 N–H and O–H groups in total. The summed E-state index contributed by atoms with van der Waals surface area (Å²) in [6, 6.07) is 19.7. The van der Waals surface area contributed by atoms with Gasteiger partial charge in [0.1, 0.15) is 5.82 Å². The van der Waals surface area contributed by atoms with Gasteiger partial charge in [0.25, 0.3) is 0 Å². The lowest BCUT2D eigenvalue weighted by molar-refractivity contribution is -0.113. The Kier molecular flexibility index (Phi) is 4.27. The summed E-state index contributed by atoms with van der Waals surface area (Å²) in [6.07, 6.45) is 2.31. The highest BCUT2D eigenvalue weighted by molar-refractivity contribution is 7.99. The Labute approximate surface area is 181 Å². The number of para-hydroxylation sites is 3. The molecule has 3 aromatic heterocycles. The molecule has 3 heterocycles. The number of anilines is 1. The van der Waals surface area contributed by atoms with E-state index in [2.05, 4.69) is 20.5 Å². The lowest BCUT2D eigenvalue weighted by Gasteiger charge is -2.08. The molecule has 31 heavy (non-hydrogen) atoms. The standard InChI is InChI=1S/C22H19N7OS/c30-20(13-31-22-26-25-21-23-16-8-4-5-9-18(16)28(21)22)24-19-12-17(14-10-11-14)27-29(19)15-6-2-1-3-7-15/h1-9,12,14H,10-11,13H2,(H,23,25)(H,24,30). The van der Waals surface area contributed by atoms with E-state index in [0.717, 1.165) is 35.3 Å². The molecule has 1 saturated carbocycles. The van der Waals surface area contributed by atoms with E-state index in [1.54, 1.807) is 0 Å². The van der Waals surface area contributed by atoms with E-state index in [1.165, 1.54) is 11.8 Å². The van der Waals surface area contributed by atoms with Crippen LogP contribution in [0.2, 0.25) is 0 Å². The summed E-state index contributed by atoms with van der Waals surface area (Å²) in [5.74, 6) is 1.98. The maximum absolute atomic E-state index is 12.8. The van der Waals surface area contributed by atoms with Crippen molar-refractivity contribution in [2.45, 2.75) is 23.9 Å². The van der Waals surface area contributed by atoms with Gasteiger partial charge < -0.3 is 5.32 Å². The fourth-order valence-corrected chi connectivity index (χ4v) is 4.44. The van der Waals surface area contributed by atoms with E-state index < -0.39 is 0 Å². The van der Waals surface area contributed by atoms with Gasteiger partial charge in [0.2, 0.25) is 11.7 Å². The number of aromatic nitrogens is 6. The highest BCUT2D eigenvalue weighted by Gasteiger charge is 2.28. The first-order chi connectivity index (χ1) is 15.3. The molecule has 0 unspecified atom stereocenters. The van der Waals surface area contributed by atoms with Crippen LogP contribution in [0.5, 0.6) is 0 Å². The molecule has 8 nitrogen and oxygen atoms in total. The Morgan fingerprint density at radius 1 is 1.13 bits per heavy atom. The summed E-state index contributed by atoms with van der Waals surface area (Å²) in [6.45, 7) is 0. The molecule has 0 bridgehead atoms. The molecule has 6 rings (SSSR count). The van der Waals surface area contributed by atoms with Crippen LogP contribution in [0.4, 0.5) is 5.82 Å². The molecule has 1 aliphatic carbocycles. The number of amides is 1. The van der Waals surface area contributed by atoms with Gasteiger partial charge in [-0.05, 0) is 37.1 Å². The van der Waals surface area contributed by atoms with E-state index in [4.69, 9.17) is 5.10 Å². The normalized spacial score (nSPS) is 13.8. The number of H-pyrrole nitrogens is 1. The van der Waals surface area contributed by atoms with Crippen LogP contribution >= 0.6 is 11.8 Å². The number of hydrogen-bond acceptors (Lipinski definition) is 5. The van der Waals surface area contributed by atoms with Gasteiger partial charge >= 0.3 is 0 Å². The zero-order valence-electron chi connectivity index (χ0n) is 16.5. The second kappa shape index (κ2) is 7.28. The molecular weight excluding hydrogens is 410 g/mol. The van der Waals surface area contributed by atoms with E-state index in [0.29, 0.717) is 22.7 Å². The second-order valence-corrected chi connectivity index (χ2v) is 8.52. The Balaban J connectivity index is 1.23. The predicted molar refractivity (Wildman–Crippen MR) is 120 cm³/mol. The number of thioether (sulfide) groups is 1. The number of carbonyl (C=O) groups excluding carboxylic acids is 1. The second-order valence-electron chi connectivity index (χ2n) is 7.58. The fraction of sp³-hybridized carbons (Fsp3) is 0.182. The topological polar surface area (TPSA) is 92.9 Å². The highest BCUT2D eigenvalue weighted by atomic mass is 32.2. The van der Waals surface area contributed by atoms with Crippen LogP contribution in [-0.2, 0) is 4.79 Å². The first-order valence-corrected chi connectivity index (χ1v) is 11.1. The minimum Gasteiger partial charge on any atom is -0.310 e. The van der Waals surface area contributed by atoms with Crippen molar-refractivity contribution in [2.75, 3.05) is 11.1 Å². The van der Waals surface area contributed by atoms with Gasteiger partial charge in [-0.2, -0.15) is 5.10 Å². The first kappa shape index (κ1) is 18.2. The van der Waals surface area contributed by atoms with Crippen LogP contribution in [-0.4, -0.2) is 41.0 Å². The summed E-state index contributed by atoms with van der Waals surface area (Å²) in [4.78, 5) is 17.3. The summed E-state index contributed by atoms with van der Waals surface area (Å²) in [5.41, 5.74) is 3.81. The molecule has 9 heteroatoms. The van der Waals surface area contributed by atoms with Crippen molar-refractivity contribution in [3.05, 3.63) is 66.4 Å². The summed E-state index contributed by atoms with van der Waals surface area (Å²) in [5, 5.41) is 15.7. The number of hydrogen-bond donors (Lipinski definition) is 2. The zero-order valence-corrected chi connectivity index (χ0v) is 17.3. The molecular formula is C22H19N7OS. The molecule has 0 radical (unpaired) electrons. The third-order valence-corrected chi connectivity index (χ3v) is 6.27. The molecule has 1 amide bonds. The van der Waals surface area contributed by atoms with Crippen LogP contribution in [0, 0.1) is 0 Å². The SMILES string of the molecule is O=C(CSc1n[nH]c2nc3ccccc3n12)Nc1cc(C2CC2)nn1-c1ccccc1. The largest absolute Gasteiger partial charge is 0.310 e. The number of rotatable bonds is 6. The van der Waals surface area contributed by atoms with Crippen molar-refractivity contribution in [2.24, 2.45) is 0 Å². The molecule has 1 aliphatic rings. The van der Waals surface area contributed by atoms with Gasteiger partial charge in [0, 0.05) is 12.0 Å². The maximum atomic E-state index is 12.8. The Bertz CT molecular complexity index is 1400. The molecule has 0 atom stereocenters. The van der Waals surface area contributed by atoms with Crippen LogP contribution in [0.3, 0.4) is 0 Å². The van der Waals surface area contributed by atoms with Gasteiger partial charge in [-0.3, -0.25) is 9.20 Å². The Morgan fingerprint density at radius 2 is 1.94 bits per heavy atom. The van der Waals surface area contributed by atoms with Crippen molar-refractivity contribution in [3.63, 3.8) is 0 Å². The average Bonchev–Trinajstić information content (AvgIpc) is 3.28. The van der Waals surface area contributed by atoms with Crippen LogP contribution in [0.1, 0.15) is 24.5 Å². The highest BCUT2D eigenvalue weighted by Crippen LogP contribution is 2.40. The van der Waals surface area contributed by atoms with Crippen LogP contribution in [0.25, 0.3) is 22.5 Å². The third kappa shape index (κ3) is 3.36.